The molecule has 1 aromatic rings. The van der Waals surface area contributed by atoms with Crippen molar-refractivity contribution >= 4 is 11.9 Å². The van der Waals surface area contributed by atoms with Gasteiger partial charge in [0.1, 0.15) is 5.75 Å². The van der Waals surface area contributed by atoms with Gasteiger partial charge in [0.05, 0.1) is 11.8 Å². The van der Waals surface area contributed by atoms with E-state index >= 15 is 0 Å². The average molecular weight is 302 g/mol. The van der Waals surface area contributed by atoms with E-state index in [1.54, 1.807) is 12.1 Å². The van der Waals surface area contributed by atoms with Crippen LogP contribution in [0.1, 0.15) is 38.5 Å². The number of hydrogen-bond acceptors (Lipinski definition) is 3. The molecule has 0 spiro atoms. The first-order valence-electron chi connectivity index (χ1n) is 7.81. The molecule has 0 aromatic heterocycles. The molecule has 2 rings (SSSR count). The molecule has 0 fully saturated rings. The lowest BCUT2D eigenvalue weighted by Crippen LogP contribution is -2.23. The van der Waals surface area contributed by atoms with Gasteiger partial charge in [-0.25, -0.2) is 0 Å². The lowest BCUT2D eigenvalue weighted by molar-refractivity contribution is -0.144. The van der Waals surface area contributed by atoms with Crippen molar-refractivity contribution < 1.29 is 19.4 Å². The molecule has 4 nitrogen and oxygen atoms in total. The fourth-order valence-electron chi connectivity index (χ4n) is 2.67. The van der Waals surface area contributed by atoms with E-state index in [1.807, 2.05) is 30.4 Å². The molecule has 0 bridgehead atoms. The Kier molecular flexibility index (Phi) is 6.19. The number of carboxylic acids is 1. The molecule has 1 aliphatic carbocycles. The minimum Gasteiger partial charge on any atom is -0.481 e. The maximum atomic E-state index is 12.3. The highest BCUT2D eigenvalue weighted by Gasteiger charge is 2.24. The fraction of sp³-hybridized carbons (Fsp3) is 0.444. The molecule has 0 amide bonds. The smallest absolute Gasteiger partial charge is 0.314 e. The molecule has 1 aromatic carbocycles. The molecule has 4 heteroatoms. The van der Waals surface area contributed by atoms with Crippen LogP contribution in [-0.4, -0.2) is 17.0 Å². The lowest BCUT2D eigenvalue weighted by atomic mass is 9.89. The first-order chi connectivity index (χ1) is 10.7. The zero-order valence-corrected chi connectivity index (χ0v) is 12.6. The average Bonchev–Trinajstić information content (AvgIpc) is 2.52. The van der Waals surface area contributed by atoms with Gasteiger partial charge in [-0.3, -0.25) is 9.59 Å². The standard InChI is InChI=1S/C18H22O4/c19-17(20)14-8-4-1-2-5-9-15(13-12-14)18(21)22-16-10-6-3-7-11-16/h1,3-4,6-7,10-11,14-15H,2,5,8-9,12-13H2,(H,19,20). The van der Waals surface area contributed by atoms with E-state index in [0.29, 0.717) is 25.0 Å². The second-order valence-electron chi connectivity index (χ2n) is 5.68. The fourth-order valence-corrected chi connectivity index (χ4v) is 2.67. The summed E-state index contributed by atoms with van der Waals surface area (Å²) in [5, 5.41) is 9.23. The van der Waals surface area contributed by atoms with Gasteiger partial charge < -0.3 is 9.84 Å². The van der Waals surface area contributed by atoms with Crippen LogP contribution < -0.4 is 4.74 Å². The minimum absolute atomic E-state index is 0.228. The van der Waals surface area contributed by atoms with E-state index in [2.05, 4.69) is 0 Å². The van der Waals surface area contributed by atoms with Gasteiger partial charge in [-0.05, 0) is 50.7 Å². The van der Waals surface area contributed by atoms with Gasteiger partial charge in [-0.2, -0.15) is 0 Å². The number of rotatable bonds is 3. The highest BCUT2D eigenvalue weighted by molar-refractivity contribution is 5.75. The summed E-state index contributed by atoms with van der Waals surface area (Å²) in [6.07, 6.45) is 8.11. The Morgan fingerprint density at radius 3 is 2.45 bits per heavy atom. The van der Waals surface area contributed by atoms with Crippen LogP contribution in [0.2, 0.25) is 0 Å². The second kappa shape index (κ2) is 8.37. The Bertz CT molecular complexity index is 521. The summed E-state index contributed by atoms with van der Waals surface area (Å²) in [6.45, 7) is 0. The molecular weight excluding hydrogens is 280 g/mol. The van der Waals surface area contributed by atoms with Crippen molar-refractivity contribution in [1.29, 1.82) is 0 Å². The number of carbonyl (C=O) groups excluding carboxylic acids is 1. The maximum Gasteiger partial charge on any atom is 0.314 e. The molecule has 0 heterocycles. The predicted molar refractivity (Wildman–Crippen MR) is 83.5 cm³/mol. The molecular formula is C18H22O4. The van der Waals surface area contributed by atoms with Crippen molar-refractivity contribution in [3.05, 3.63) is 42.5 Å². The van der Waals surface area contributed by atoms with Crippen LogP contribution in [0.5, 0.6) is 5.75 Å². The Morgan fingerprint density at radius 1 is 1.00 bits per heavy atom. The van der Waals surface area contributed by atoms with E-state index in [9.17, 15) is 14.7 Å². The Morgan fingerprint density at radius 2 is 1.73 bits per heavy atom. The third-order valence-corrected chi connectivity index (χ3v) is 4.02. The Labute approximate surface area is 130 Å². The van der Waals surface area contributed by atoms with Gasteiger partial charge in [0.2, 0.25) is 0 Å². The normalized spacial score (nSPS) is 22.7. The number of carboxylic acid groups (broad SMARTS) is 1. The molecule has 0 aliphatic heterocycles. The van der Waals surface area contributed by atoms with Crippen molar-refractivity contribution in [1.82, 2.24) is 0 Å². The van der Waals surface area contributed by atoms with Crippen LogP contribution in [0.25, 0.3) is 0 Å². The van der Waals surface area contributed by atoms with Crippen LogP contribution in [0.3, 0.4) is 0 Å². The molecule has 118 valence electrons. The van der Waals surface area contributed by atoms with Crippen molar-refractivity contribution in [3.8, 4) is 5.75 Å². The second-order valence-corrected chi connectivity index (χ2v) is 5.68. The topological polar surface area (TPSA) is 63.6 Å². The number of ether oxygens (including phenoxy) is 1. The van der Waals surface area contributed by atoms with Crippen LogP contribution >= 0.6 is 0 Å². The van der Waals surface area contributed by atoms with Crippen molar-refractivity contribution in [2.45, 2.75) is 38.5 Å². The number of carbonyl (C=O) groups is 2. The summed E-state index contributed by atoms with van der Waals surface area (Å²) >= 11 is 0. The van der Waals surface area contributed by atoms with Crippen molar-refractivity contribution in [2.24, 2.45) is 11.8 Å². The van der Waals surface area contributed by atoms with Crippen LogP contribution in [0, 0.1) is 11.8 Å². The maximum absolute atomic E-state index is 12.3. The largest absolute Gasteiger partial charge is 0.481 e. The zero-order chi connectivity index (χ0) is 15.8. The third kappa shape index (κ3) is 5.02. The summed E-state index contributed by atoms with van der Waals surface area (Å²) in [4.78, 5) is 23.6. The van der Waals surface area contributed by atoms with Gasteiger partial charge in [-0.1, -0.05) is 30.4 Å². The first kappa shape index (κ1) is 16.3. The summed E-state index contributed by atoms with van der Waals surface area (Å²) in [6, 6.07) is 9.01. The molecule has 1 N–H and O–H groups in total. The molecule has 0 saturated heterocycles. The van der Waals surface area contributed by atoms with E-state index in [-0.39, 0.29) is 11.9 Å². The SMILES string of the molecule is O=C(O)C1CC=CCCCC(C(=O)Oc2ccccc2)CC1. The minimum atomic E-state index is -0.791. The Hall–Kier alpha value is -2.10. The van der Waals surface area contributed by atoms with E-state index in [4.69, 9.17) is 4.74 Å². The number of benzene rings is 1. The lowest BCUT2D eigenvalue weighted by Gasteiger charge is -2.18. The Balaban J connectivity index is 1.99. The number of hydrogen-bond donors (Lipinski definition) is 1. The van der Waals surface area contributed by atoms with E-state index < -0.39 is 11.9 Å². The van der Waals surface area contributed by atoms with Crippen LogP contribution in [0.15, 0.2) is 42.5 Å². The predicted octanol–water partition coefficient (Wildman–Crippen LogP) is 3.82. The van der Waals surface area contributed by atoms with E-state index in [0.717, 1.165) is 19.3 Å². The third-order valence-electron chi connectivity index (χ3n) is 4.02. The molecule has 2 unspecified atom stereocenters. The van der Waals surface area contributed by atoms with Gasteiger partial charge >= 0.3 is 11.9 Å². The molecule has 0 saturated carbocycles. The van der Waals surface area contributed by atoms with Crippen LogP contribution in [0.4, 0.5) is 0 Å². The van der Waals surface area contributed by atoms with Gasteiger partial charge in [0, 0.05) is 0 Å². The number of allylic oxidation sites excluding steroid dienone is 2. The van der Waals surface area contributed by atoms with Crippen LogP contribution in [-0.2, 0) is 9.59 Å². The number of esters is 1. The zero-order valence-electron chi connectivity index (χ0n) is 12.6. The van der Waals surface area contributed by atoms with Crippen molar-refractivity contribution in [3.63, 3.8) is 0 Å². The number of aliphatic carboxylic acids is 1. The molecule has 1 aliphatic rings. The first-order valence-corrected chi connectivity index (χ1v) is 7.81. The quantitative estimate of drug-likeness (QED) is 0.524. The molecule has 2 atom stereocenters. The summed E-state index contributed by atoms with van der Waals surface area (Å²) in [5.41, 5.74) is 0. The summed E-state index contributed by atoms with van der Waals surface area (Å²) < 4.78 is 5.41. The van der Waals surface area contributed by atoms with Gasteiger partial charge in [-0.15, -0.1) is 0 Å². The van der Waals surface area contributed by atoms with Gasteiger partial charge in [0.25, 0.3) is 0 Å². The monoisotopic (exact) mass is 302 g/mol. The molecule has 22 heavy (non-hydrogen) atoms. The van der Waals surface area contributed by atoms with Gasteiger partial charge in [0.15, 0.2) is 0 Å². The number of para-hydroxylation sites is 1. The van der Waals surface area contributed by atoms with E-state index in [1.165, 1.54) is 0 Å². The highest BCUT2D eigenvalue weighted by atomic mass is 16.5. The molecule has 0 radical (unpaired) electrons. The summed E-state index contributed by atoms with van der Waals surface area (Å²) in [5.74, 6) is -1.14. The van der Waals surface area contributed by atoms with Crippen molar-refractivity contribution in [2.75, 3.05) is 0 Å². The summed E-state index contributed by atoms with van der Waals surface area (Å²) in [7, 11) is 0. The highest BCUT2D eigenvalue weighted by Crippen LogP contribution is 2.24.